The molecule has 1 saturated carbocycles. The van der Waals surface area contributed by atoms with E-state index in [2.05, 4.69) is 22.5 Å². The highest BCUT2D eigenvalue weighted by molar-refractivity contribution is 5.94. The molecule has 1 N–H and O–H groups in total. The van der Waals surface area contributed by atoms with Gasteiger partial charge in [0.05, 0.1) is 24.4 Å². The summed E-state index contributed by atoms with van der Waals surface area (Å²) in [6.07, 6.45) is 9.56. The summed E-state index contributed by atoms with van der Waals surface area (Å²) in [6, 6.07) is 6.13. The number of carbonyl (C=O) groups excluding carboxylic acids is 1. The predicted molar refractivity (Wildman–Crippen MR) is 121 cm³/mol. The summed E-state index contributed by atoms with van der Waals surface area (Å²) in [6.45, 7) is 2.08. The van der Waals surface area contributed by atoms with Gasteiger partial charge in [-0.2, -0.15) is 10.2 Å². The smallest absolute Gasteiger partial charge is 0.407 e. The first-order chi connectivity index (χ1) is 16.3. The number of alkyl carbamates (subject to hydrolysis) is 1. The molecule has 2 aromatic heterocycles. The number of fused-ring (bicyclic) bond motifs is 4. The van der Waals surface area contributed by atoms with Crippen LogP contribution in [-0.4, -0.2) is 52.0 Å². The van der Waals surface area contributed by atoms with E-state index in [1.807, 2.05) is 27.8 Å². The fourth-order valence-electron chi connectivity index (χ4n) is 4.78. The van der Waals surface area contributed by atoms with Crippen LogP contribution in [0.1, 0.15) is 50.8 Å². The Bertz CT molecular complexity index is 1150. The minimum atomic E-state index is -0.393. The molecule has 6 rings (SSSR count). The molecule has 1 aliphatic carbocycles. The van der Waals surface area contributed by atoms with Crippen molar-refractivity contribution in [3.63, 3.8) is 0 Å². The maximum Gasteiger partial charge on any atom is 0.407 e. The van der Waals surface area contributed by atoms with Gasteiger partial charge >= 0.3 is 6.09 Å². The Morgan fingerprint density at radius 3 is 2.85 bits per heavy atom. The number of hydrogen-bond acceptors (Lipinski definition) is 6. The van der Waals surface area contributed by atoms with Crippen LogP contribution in [0.2, 0.25) is 0 Å². The minimum Gasteiger partial charge on any atom is -0.494 e. The van der Waals surface area contributed by atoms with Crippen LogP contribution in [0.15, 0.2) is 30.6 Å². The molecule has 9 nitrogen and oxygen atoms in total. The second kappa shape index (κ2) is 8.70. The molecule has 9 heteroatoms. The quantitative estimate of drug-likeness (QED) is 0.632. The number of nitrogens with zero attached hydrogens (tertiary/aromatic N) is 4. The lowest BCUT2D eigenvalue weighted by atomic mass is 10.1. The van der Waals surface area contributed by atoms with Crippen molar-refractivity contribution in [3.05, 3.63) is 30.6 Å². The van der Waals surface area contributed by atoms with Crippen LogP contribution >= 0.6 is 0 Å². The summed E-state index contributed by atoms with van der Waals surface area (Å²) in [5, 5.41) is 13.5. The molecule has 2 aliphatic heterocycles. The molecule has 1 amide bonds. The molecule has 2 atom stereocenters. The standard InChI is InChI=1S/C24H29N5O4/c30-24-25-9-3-11-31-18-7-8-20-19(12-18)23(27-29(20)22-4-1-2-10-32-22)17-13-26-28(14-17)21(15-33-24)16-5-6-16/h7-8,12-14,16,21-22H,1-6,9-11,15H2,(H,25,30). The lowest BCUT2D eigenvalue weighted by Gasteiger charge is -2.23. The second-order valence-electron chi connectivity index (χ2n) is 9.13. The molecular formula is C24H29N5O4. The fraction of sp³-hybridized carbons (Fsp3) is 0.542. The number of benzene rings is 1. The zero-order valence-electron chi connectivity index (χ0n) is 18.6. The molecule has 0 spiro atoms. The topological polar surface area (TPSA) is 92.4 Å². The van der Waals surface area contributed by atoms with Gasteiger partial charge in [-0.25, -0.2) is 9.48 Å². The number of carbonyl (C=O) groups is 1. The molecule has 4 heterocycles. The largest absolute Gasteiger partial charge is 0.494 e. The first kappa shape index (κ1) is 20.5. The van der Waals surface area contributed by atoms with Crippen LogP contribution in [0, 0.1) is 5.92 Å². The third-order valence-corrected chi connectivity index (χ3v) is 6.73. The summed E-state index contributed by atoms with van der Waals surface area (Å²) in [7, 11) is 0. The summed E-state index contributed by atoms with van der Waals surface area (Å²) in [5.41, 5.74) is 2.84. The van der Waals surface area contributed by atoms with Crippen molar-refractivity contribution in [3.8, 4) is 17.0 Å². The third-order valence-electron chi connectivity index (χ3n) is 6.73. The average molecular weight is 452 g/mol. The van der Waals surface area contributed by atoms with Gasteiger partial charge in [0.1, 0.15) is 18.1 Å². The van der Waals surface area contributed by atoms with Gasteiger partial charge in [0, 0.05) is 30.3 Å². The highest BCUT2D eigenvalue weighted by Gasteiger charge is 2.34. The lowest BCUT2D eigenvalue weighted by molar-refractivity contribution is -0.0365. The van der Waals surface area contributed by atoms with Crippen molar-refractivity contribution in [2.75, 3.05) is 26.4 Å². The van der Waals surface area contributed by atoms with Gasteiger partial charge in [0.2, 0.25) is 0 Å². The number of aromatic nitrogens is 4. The van der Waals surface area contributed by atoms with Crippen molar-refractivity contribution < 1.29 is 19.0 Å². The Balaban J connectivity index is 1.42. The molecule has 2 unspecified atom stereocenters. The maximum atomic E-state index is 12.1. The van der Waals surface area contributed by atoms with E-state index in [-0.39, 0.29) is 12.3 Å². The number of nitrogens with one attached hydrogen (secondary N) is 1. The number of rotatable bonds is 2. The molecule has 3 aliphatic rings. The van der Waals surface area contributed by atoms with Crippen molar-refractivity contribution in [1.29, 1.82) is 0 Å². The van der Waals surface area contributed by atoms with Gasteiger partial charge in [0.15, 0.2) is 6.23 Å². The van der Waals surface area contributed by atoms with E-state index in [9.17, 15) is 4.79 Å². The Morgan fingerprint density at radius 1 is 1.06 bits per heavy atom. The number of hydrogen-bond donors (Lipinski definition) is 1. The van der Waals surface area contributed by atoms with E-state index in [1.165, 1.54) is 0 Å². The summed E-state index contributed by atoms with van der Waals surface area (Å²) < 4.78 is 21.5. The van der Waals surface area contributed by atoms with E-state index >= 15 is 0 Å². The Labute approximate surface area is 192 Å². The molecule has 174 valence electrons. The van der Waals surface area contributed by atoms with Crippen molar-refractivity contribution in [2.24, 2.45) is 5.92 Å². The zero-order chi connectivity index (χ0) is 22.2. The zero-order valence-corrected chi connectivity index (χ0v) is 18.6. The Morgan fingerprint density at radius 2 is 2.00 bits per heavy atom. The van der Waals surface area contributed by atoms with Crippen LogP contribution in [0.4, 0.5) is 4.79 Å². The first-order valence-electron chi connectivity index (χ1n) is 12.0. The monoisotopic (exact) mass is 451 g/mol. The molecule has 33 heavy (non-hydrogen) atoms. The van der Waals surface area contributed by atoms with Crippen molar-refractivity contribution >= 4 is 17.0 Å². The van der Waals surface area contributed by atoms with Crippen LogP contribution in [0.3, 0.4) is 0 Å². The SMILES string of the molecule is O=C1NCCCOc2ccc3c(c2)c(nn3C2CCCCO2)-c2cnn(c2)C(C2CC2)CO1. The highest BCUT2D eigenvalue weighted by Crippen LogP contribution is 2.41. The minimum absolute atomic E-state index is 0.0336. The molecular weight excluding hydrogens is 422 g/mol. The van der Waals surface area contributed by atoms with Gasteiger partial charge in [-0.1, -0.05) is 0 Å². The summed E-state index contributed by atoms with van der Waals surface area (Å²) >= 11 is 0. The van der Waals surface area contributed by atoms with Crippen LogP contribution < -0.4 is 10.1 Å². The van der Waals surface area contributed by atoms with Crippen LogP contribution in [0.25, 0.3) is 22.2 Å². The van der Waals surface area contributed by atoms with E-state index in [1.54, 1.807) is 0 Å². The predicted octanol–water partition coefficient (Wildman–Crippen LogP) is 4.06. The van der Waals surface area contributed by atoms with Gasteiger partial charge in [-0.05, 0) is 62.6 Å². The van der Waals surface area contributed by atoms with Gasteiger partial charge < -0.3 is 19.5 Å². The maximum absolute atomic E-state index is 12.1. The highest BCUT2D eigenvalue weighted by atomic mass is 16.5. The normalized spacial score (nSPS) is 24.3. The lowest BCUT2D eigenvalue weighted by Crippen LogP contribution is -2.29. The average Bonchev–Trinajstić information content (AvgIpc) is 3.43. The third kappa shape index (κ3) is 4.17. The molecule has 3 aromatic rings. The number of amides is 1. The van der Waals surface area contributed by atoms with Gasteiger partial charge in [-0.15, -0.1) is 0 Å². The second-order valence-corrected chi connectivity index (χ2v) is 9.13. The number of cyclic esters (lactones) is 1. The molecule has 1 saturated heterocycles. The molecule has 1 aromatic carbocycles. The summed E-state index contributed by atoms with van der Waals surface area (Å²) in [4.78, 5) is 12.1. The van der Waals surface area contributed by atoms with Crippen molar-refractivity contribution in [2.45, 2.75) is 50.8 Å². The van der Waals surface area contributed by atoms with E-state index < -0.39 is 6.09 Å². The molecule has 2 fully saturated rings. The van der Waals surface area contributed by atoms with Gasteiger partial charge in [-0.3, -0.25) is 4.68 Å². The van der Waals surface area contributed by atoms with E-state index in [0.717, 1.165) is 66.6 Å². The van der Waals surface area contributed by atoms with Crippen LogP contribution in [0.5, 0.6) is 5.75 Å². The first-order valence-corrected chi connectivity index (χ1v) is 12.0. The fourth-order valence-corrected chi connectivity index (χ4v) is 4.78. The van der Waals surface area contributed by atoms with Gasteiger partial charge in [0.25, 0.3) is 0 Å². The van der Waals surface area contributed by atoms with E-state index in [4.69, 9.17) is 19.3 Å². The number of ether oxygens (including phenoxy) is 3. The molecule has 4 bridgehead atoms. The summed E-state index contributed by atoms with van der Waals surface area (Å²) in [5.74, 6) is 1.26. The van der Waals surface area contributed by atoms with Crippen LogP contribution in [-0.2, 0) is 9.47 Å². The molecule has 0 radical (unpaired) electrons. The van der Waals surface area contributed by atoms with Crippen molar-refractivity contribution in [1.82, 2.24) is 24.9 Å². The van der Waals surface area contributed by atoms with E-state index in [0.29, 0.717) is 32.1 Å². The Kier molecular flexibility index (Phi) is 5.41. The Hall–Kier alpha value is -3.07.